The second kappa shape index (κ2) is 6.38. The molecule has 1 aromatic carbocycles. The Bertz CT molecular complexity index is 279. The minimum absolute atomic E-state index is 0.262. The van der Waals surface area contributed by atoms with E-state index in [1.807, 2.05) is 20.8 Å². The van der Waals surface area contributed by atoms with Gasteiger partial charge in [-0.25, -0.2) is 0 Å². The molecule has 0 atom stereocenters. The normalized spacial score (nSPS) is 10.3. The number of aryl methyl sites for hydroxylation is 1. The highest BCUT2D eigenvalue weighted by molar-refractivity contribution is 5.33. The van der Waals surface area contributed by atoms with Crippen LogP contribution < -0.4 is 4.74 Å². The summed E-state index contributed by atoms with van der Waals surface area (Å²) in [6.07, 6.45) is -2.42. The average Bonchev–Trinajstić information content (AvgIpc) is 2.19. The maximum absolute atomic E-state index is 12.5. The van der Waals surface area contributed by atoms with E-state index in [0.29, 0.717) is 6.42 Å². The summed E-state index contributed by atoms with van der Waals surface area (Å²) in [5.74, 6) is 0.262. The molecule has 3 heteroatoms. The molecule has 1 nitrogen and oxygen atoms in total. The molecule has 1 rings (SSSR count). The van der Waals surface area contributed by atoms with Gasteiger partial charge in [-0.1, -0.05) is 39.0 Å². The third-order valence-electron chi connectivity index (χ3n) is 1.64. The first-order valence-electron chi connectivity index (χ1n) is 5.17. The summed E-state index contributed by atoms with van der Waals surface area (Å²) < 4.78 is 29.5. The maximum Gasteiger partial charge on any atom is 0.394 e. The highest BCUT2D eigenvalue weighted by atomic mass is 19.3. The molecular formula is C12H18F2O. The fraction of sp³-hybridized carbons (Fsp3) is 0.500. The van der Waals surface area contributed by atoms with Crippen LogP contribution in [0.3, 0.4) is 0 Å². The molecule has 0 bridgehead atoms. The number of hydrogen-bond donors (Lipinski definition) is 0. The molecule has 0 aliphatic carbocycles. The smallest absolute Gasteiger partial charge is 0.394 e. The summed E-state index contributed by atoms with van der Waals surface area (Å²) in [6.45, 7) is 6.63. The van der Waals surface area contributed by atoms with E-state index in [1.165, 1.54) is 0 Å². The van der Waals surface area contributed by atoms with Crippen LogP contribution >= 0.6 is 0 Å². The van der Waals surface area contributed by atoms with Gasteiger partial charge in [-0.05, 0) is 18.1 Å². The van der Waals surface area contributed by atoms with Gasteiger partial charge >= 0.3 is 6.11 Å². The van der Waals surface area contributed by atoms with Crippen LogP contribution in [0.1, 0.15) is 33.3 Å². The lowest BCUT2D eigenvalue weighted by atomic mass is 10.1. The third-order valence-corrected chi connectivity index (χ3v) is 1.64. The Morgan fingerprint density at radius 3 is 2.20 bits per heavy atom. The molecule has 0 N–H and O–H groups in total. The van der Waals surface area contributed by atoms with E-state index in [-0.39, 0.29) is 5.75 Å². The van der Waals surface area contributed by atoms with Gasteiger partial charge in [0, 0.05) is 6.92 Å². The van der Waals surface area contributed by atoms with Gasteiger partial charge in [0.05, 0.1) is 0 Å². The van der Waals surface area contributed by atoms with Crippen molar-refractivity contribution in [3.05, 3.63) is 29.8 Å². The van der Waals surface area contributed by atoms with E-state index < -0.39 is 6.11 Å². The van der Waals surface area contributed by atoms with Crippen molar-refractivity contribution in [1.82, 2.24) is 0 Å². The van der Waals surface area contributed by atoms with E-state index >= 15 is 0 Å². The van der Waals surface area contributed by atoms with Crippen molar-refractivity contribution in [3.8, 4) is 5.75 Å². The van der Waals surface area contributed by atoms with Gasteiger partial charge in [0.25, 0.3) is 0 Å². The van der Waals surface area contributed by atoms with Crippen molar-refractivity contribution in [2.24, 2.45) is 0 Å². The second-order valence-corrected chi connectivity index (χ2v) is 2.87. The van der Waals surface area contributed by atoms with Crippen LogP contribution in [0.5, 0.6) is 5.75 Å². The molecule has 0 fully saturated rings. The van der Waals surface area contributed by atoms with Gasteiger partial charge in [-0.2, -0.15) is 8.78 Å². The van der Waals surface area contributed by atoms with Crippen molar-refractivity contribution in [3.63, 3.8) is 0 Å². The molecule has 0 heterocycles. The maximum atomic E-state index is 12.5. The fourth-order valence-electron chi connectivity index (χ4n) is 1.09. The van der Waals surface area contributed by atoms with Crippen molar-refractivity contribution in [2.75, 3.05) is 0 Å². The van der Waals surface area contributed by atoms with Crippen molar-refractivity contribution < 1.29 is 13.5 Å². The summed E-state index contributed by atoms with van der Waals surface area (Å²) in [6, 6.07) is 6.82. The Hall–Kier alpha value is -1.12. The predicted octanol–water partition coefficient (Wildman–Crippen LogP) is 4.27. The van der Waals surface area contributed by atoms with Gasteiger partial charge in [0.15, 0.2) is 0 Å². The predicted molar refractivity (Wildman–Crippen MR) is 58.4 cm³/mol. The lowest BCUT2D eigenvalue weighted by Crippen LogP contribution is -2.19. The van der Waals surface area contributed by atoms with Crippen LogP contribution in [-0.2, 0) is 6.42 Å². The molecular weight excluding hydrogens is 198 g/mol. The zero-order valence-electron chi connectivity index (χ0n) is 9.68. The number of para-hydroxylation sites is 1. The number of rotatable bonds is 3. The Morgan fingerprint density at radius 2 is 1.73 bits per heavy atom. The molecule has 0 aromatic heterocycles. The van der Waals surface area contributed by atoms with Gasteiger partial charge in [-0.15, -0.1) is 0 Å². The van der Waals surface area contributed by atoms with Crippen LogP contribution in [0.15, 0.2) is 24.3 Å². The van der Waals surface area contributed by atoms with Crippen molar-refractivity contribution in [2.45, 2.75) is 40.2 Å². The minimum Gasteiger partial charge on any atom is -0.432 e. The molecule has 0 amide bonds. The van der Waals surface area contributed by atoms with Gasteiger partial charge in [0.2, 0.25) is 0 Å². The zero-order valence-corrected chi connectivity index (χ0v) is 9.68. The first-order valence-corrected chi connectivity index (χ1v) is 5.17. The minimum atomic E-state index is -3.11. The number of benzene rings is 1. The first kappa shape index (κ1) is 13.9. The fourth-order valence-corrected chi connectivity index (χ4v) is 1.09. The molecule has 0 saturated heterocycles. The zero-order chi connectivity index (χ0) is 11.9. The Balaban J connectivity index is 0.000000921. The number of alkyl halides is 2. The summed E-state index contributed by atoms with van der Waals surface area (Å²) >= 11 is 0. The topological polar surface area (TPSA) is 9.23 Å². The largest absolute Gasteiger partial charge is 0.432 e. The summed E-state index contributed by atoms with van der Waals surface area (Å²) in [5.41, 5.74) is 0.795. The molecule has 86 valence electrons. The van der Waals surface area contributed by atoms with Crippen molar-refractivity contribution in [1.29, 1.82) is 0 Å². The van der Waals surface area contributed by atoms with Crippen LogP contribution in [0, 0.1) is 0 Å². The van der Waals surface area contributed by atoms with Gasteiger partial charge in [0.1, 0.15) is 5.75 Å². The summed E-state index contributed by atoms with van der Waals surface area (Å²) in [7, 11) is 0. The van der Waals surface area contributed by atoms with Crippen LogP contribution in [0.2, 0.25) is 0 Å². The molecule has 0 unspecified atom stereocenters. The SMILES string of the molecule is CC.CCc1ccccc1OC(C)(F)F. The van der Waals surface area contributed by atoms with E-state index in [4.69, 9.17) is 0 Å². The molecule has 15 heavy (non-hydrogen) atoms. The molecule has 0 spiro atoms. The number of hydrogen-bond acceptors (Lipinski definition) is 1. The summed E-state index contributed by atoms with van der Waals surface area (Å²) in [4.78, 5) is 0. The molecule has 0 radical (unpaired) electrons. The first-order chi connectivity index (χ1) is 7.03. The highest BCUT2D eigenvalue weighted by Crippen LogP contribution is 2.24. The van der Waals surface area contributed by atoms with E-state index in [1.54, 1.807) is 24.3 Å². The summed E-state index contributed by atoms with van der Waals surface area (Å²) in [5, 5.41) is 0. The van der Waals surface area contributed by atoms with Gasteiger partial charge in [-0.3, -0.25) is 0 Å². The van der Waals surface area contributed by atoms with E-state index in [9.17, 15) is 8.78 Å². The van der Waals surface area contributed by atoms with Crippen LogP contribution in [0.25, 0.3) is 0 Å². The Morgan fingerprint density at radius 1 is 1.20 bits per heavy atom. The molecule has 0 saturated carbocycles. The highest BCUT2D eigenvalue weighted by Gasteiger charge is 2.23. The Kier molecular flexibility index (Phi) is 5.90. The lowest BCUT2D eigenvalue weighted by molar-refractivity contribution is -0.159. The molecule has 0 aliphatic heterocycles. The van der Waals surface area contributed by atoms with Crippen LogP contribution in [0.4, 0.5) is 8.78 Å². The second-order valence-electron chi connectivity index (χ2n) is 2.87. The lowest BCUT2D eigenvalue weighted by Gasteiger charge is -2.15. The number of halogens is 2. The third kappa shape index (κ3) is 5.35. The van der Waals surface area contributed by atoms with Crippen molar-refractivity contribution >= 4 is 0 Å². The quantitative estimate of drug-likeness (QED) is 0.733. The Labute approximate surface area is 90.1 Å². The van der Waals surface area contributed by atoms with E-state index in [2.05, 4.69) is 4.74 Å². The average molecular weight is 216 g/mol. The molecule has 1 aromatic rings. The molecule has 0 aliphatic rings. The standard InChI is InChI=1S/C10H12F2O.C2H6/c1-3-8-6-4-5-7-9(8)13-10(2,11)12;1-2/h4-7H,3H2,1-2H3;1-2H3. The van der Waals surface area contributed by atoms with E-state index in [0.717, 1.165) is 12.5 Å². The van der Waals surface area contributed by atoms with Crippen LogP contribution in [-0.4, -0.2) is 6.11 Å². The number of ether oxygens (including phenoxy) is 1. The monoisotopic (exact) mass is 216 g/mol. The van der Waals surface area contributed by atoms with Gasteiger partial charge < -0.3 is 4.74 Å².